The zero-order valence-electron chi connectivity index (χ0n) is 11.6. The van der Waals surface area contributed by atoms with Crippen molar-refractivity contribution in [2.75, 3.05) is 18.4 Å². The summed E-state index contributed by atoms with van der Waals surface area (Å²) >= 11 is 0. The van der Waals surface area contributed by atoms with Gasteiger partial charge in [-0.2, -0.15) is 0 Å². The molecule has 3 rings (SSSR count). The van der Waals surface area contributed by atoms with Crippen LogP contribution in [0.3, 0.4) is 0 Å². The number of fused-ring (bicyclic) bond motifs is 1. The monoisotopic (exact) mass is 258 g/mol. The lowest BCUT2D eigenvalue weighted by molar-refractivity contribution is -0.135. The molecule has 0 spiro atoms. The molecule has 1 atom stereocenters. The molecule has 0 saturated heterocycles. The molecule has 0 radical (unpaired) electrons. The Morgan fingerprint density at radius 2 is 2.16 bits per heavy atom. The van der Waals surface area contributed by atoms with E-state index in [1.165, 1.54) is 24.1 Å². The van der Waals surface area contributed by atoms with Crippen molar-refractivity contribution in [3.8, 4) is 0 Å². The van der Waals surface area contributed by atoms with Gasteiger partial charge in [0.2, 0.25) is 5.91 Å². The van der Waals surface area contributed by atoms with Crippen molar-refractivity contribution in [1.82, 2.24) is 4.90 Å². The predicted molar refractivity (Wildman–Crippen MR) is 77.2 cm³/mol. The number of anilines is 1. The normalized spacial score (nSPS) is 21.4. The van der Waals surface area contributed by atoms with Gasteiger partial charge in [-0.25, -0.2) is 0 Å². The van der Waals surface area contributed by atoms with Crippen LogP contribution in [0, 0.1) is 5.92 Å². The fourth-order valence-electron chi connectivity index (χ4n) is 2.95. The van der Waals surface area contributed by atoms with Gasteiger partial charge in [0, 0.05) is 24.8 Å². The number of hydrogen-bond acceptors (Lipinski definition) is 2. The Labute approximate surface area is 115 Å². The second kappa shape index (κ2) is 5.24. The molecule has 0 aromatic heterocycles. The first-order valence-corrected chi connectivity index (χ1v) is 7.42. The highest BCUT2D eigenvalue weighted by molar-refractivity contribution is 5.81. The Balaban J connectivity index is 1.71. The smallest absolute Gasteiger partial charge is 0.228 e. The van der Waals surface area contributed by atoms with Crippen LogP contribution in [0.5, 0.6) is 0 Å². The SMILES string of the molecule is CCCN(C(=O)C1CNc2ccccc2C1)C1CC1. The highest BCUT2D eigenvalue weighted by atomic mass is 16.2. The average molecular weight is 258 g/mol. The lowest BCUT2D eigenvalue weighted by Gasteiger charge is -2.31. The fourth-order valence-corrected chi connectivity index (χ4v) is 2.95. The number of benzene rings is 1. The van der Waals surface area contributed by atoms with Gasteiger partial charge in [-0.1, -0.05) is 25.1 Å². The molecule has 1 aliphatic carbocycles. The topological polar surface area (TPSA) is 32.3 Å². The Bertz CT molecular complexity index is 468. The van der Waals surface area contributed by atoms with Crippen LogP contribution in [0.15, 0.2) is 24.3 Å². The van der Waals surface area contributed by atoms with E-state index in [4.69, 9.17) is 0 Å². The maximum absolute atomic E-state index is 12.7. The van der Waals surface area contributed by atoms with E-state index in [1.54, 1.807) is 0 Å². The van der Waals surface area contributed by atoms with E-state index >= 15 is 0 Å². The number of carbonyl (C=O) groups is 1. The van der Waals surface area contributed by atoms with Gasteiger partial charge in [0.05, 0.1) is 5.92 Å². The van der Waals surface area contributed by atoms with Crippen molar-refractivity contribution >= 4 is 11.6 Å². The largest absolute Gasteiger partial charge is 0.384 e. The van der Waals surface area contributed by atoms with Crippen LogP contribution >= 0.6 is 0 Å². The first-order chi connectivity index (χ1) is 9.29. The molecule has 1 unspecified atom stereocenters. The van der Waals surface area contributed by atoms with E-state index in [0.29, 0.717) is 11.9 Å². The molecule has 0 bridgehead atoms. The summed E-state index contributed by atoms with van der Waals surface area (Å²) in [5.74, 6) is 0.466. The molecule has 1 aliphatic heterocycles. The van der Waals surface area contributed by atoms with Gasteiger partial charge in [-0.3, -0.25) is 4.79 Å². The maximum Gasteiger partial charge on any atom is 0.228 e. The van der Waals surface area contributed by atoms with Crippen LogP contribution in [-0.2, 0) is 11.2 Å². The second-order valence-electron chi connectivity index (χ2n) is 5.70. The van der Waals surface area contributed by atoms with E-state index in [2.05, 4.69) is 35.3 Å². The zero-order chi connectivity index (χ0) is 13.2. The van der Waals surface area contributed by atoms with Crippen molar-refractivity contribution in [3.63, 3.8) is 0 Å². The minimum atomic E-state index is 0.113. The molecule has 2 aliphatic rings. The van der Waals surface area contributed by atoms with Crippen LogP contribution in [0.4, 0.5) is 5.69 Å². The quantitative estimate of drug-likeness (QED) is 0.900. The Hall–Kier alpha value is -1.51. The number of nitrogens with one attached hydrogen (secondary N) is 1. The minimum Gasteiger partial charge on any atom is -0.384 e. The molecule has 3 heteroatoms. The van der Waals surface area contributed by atoms with Crippen LogP contribution in [-0.4, -0.2) is 29.9 Å². The van der Waals surface area contributed by atoms with Gasteiger partial charge in [0.25, 0.3) is 0 Å². The number of nitrogens with zero attached hydrogens (tertiary/aromatic N) is 1. The number of hydrogen-bond donors (Lipinski definition) is 1. The standard InChI is InChI=1S/C16H22N2O/c1-2-9-18(14-7-8-14)16(19)13-10-12-5-3-4-6-15(12)17-11-13/h3-6,13-14,17H,2,7-11H2,1H3. The summed E-state index contributed by atoms with van der Waals surface area (Å²) in [4.78, 5) is 14.8. The van der Waals surface area contributed by atoms with E-state index in [0.717, 1.165) is 25.9 Å². The molecule has 1 aromatic rings. The molecule has 1 heterocycles. The third-order valence-electron chi connectivity index (χ3n) is 4.11. The molecule has 1 aromatic carbocycles. The molecule has 1 fully saturated rings. The highest BCUT2D eigenvalue weighted by Gasteiger charge is 2.36. The van der Waals surface area contributed by atoms with Crippen molar-refractivity contribution in [1.29, 1.82) is 0 Å². The van der Waals surface area contributed by atoms with Crippen LogP contribution in [0.2, 0.25) is 0 Å². The Morgan fingerprint density at radius 3 is 2.89 bits per heavy atom. The summed E-state index contributed by atoms with van der Waals surface area (Å²) in [6.07, 6.45) is 4.33. The molecule has 1 N–H and O–H groups in total. The third kappa shape index (κ3) is 2.60. The zero-order valence-corrected chi connectivity index (χ0v) is 11.6. The molecular weight excluding hydrogens is 236 g/mol. The van der Waals surface area contributed by atoms with Crippen molar-refractivity contribution in [3.05, 3.63) is 29.8 Å². The Morgan fingerprint density at radius 1 is 1.37 bits per heavy atom. The van der Waals surface area contributed by atoms with Gasteiger partial charge in [-0.05, 0) is 37.3 Å². The lowest BCUT2D eigenvalue weighted by atomic mass is 9.92. The maximum atomic E-state index is 12.7. The van der Waals surface area contributed by atoms with Crippen molar-refractivity contribution < 1.29 is 4.79 Å². The van der Waals surface area contributed by atoms with Gasteiger partial charge in [0.15, 0.2) is 0 Å². The summed E-state index contributed by atoms with van der Waals surface area (Å²) in [6, 6.07) is 8.85. The van der Waals surface area contributed by atoms with Crippen molar-refractivity contribution in [2.24, 2.45) is 5.92 Å². The molecule has 1 saturated carbocycles. The summed E-state index contributed by atoms with van der Waals surface area (Å²) < 4.78 is 0. The van der Waals surface area contributed by atoms with Gasteiger partial charge in [-0.15, -0.1) is 0 Å². The highest BCUT2D eigenvalue weighted by Crippen LogP contribution is 2.31. The predicted octanol–water partition coefficient (Wildman–Crippen LogP) is 2.67. The molecule has 3 nitrogen and oxygen atoms in total. The van der Waals surface area contributed by atoms with E-state index in [1.807, 2.05) is 6.07 Å². The molecular formula is C16H22N2O. The molecule has 1 amide bonds. The van der Waals surface area contributed by atoms with E-state index < -0.39 is 0 Å². The van der Waals surface area contributed by atoms with E-state index in [-0.39, 0.29) is 5.92 Å². The summed E-state index contributed by atoms with van der Waals surface area (Å²) in [6.45, 7) is 3.85. The van der Waals surface area contributed by atoms with E-state index in [9.17, 15) is 4.79 Å². The summed E-state index contributed by atoms with van der Waals surface area (Å²) in [5, 5.41) is 3.40. The average Bonchev–Trinajstić information content (AvgIpc) is 3.28. The minimum absolute atomic E-state index is 0.113. The summed E-state index contributed by atoms with van der Waals surface area (Å²) in [7, 11) is 0. The first-order valence-electron chi connectivity index (χ1n) is 7.42. The number of amides is 1. The van der Waals surface area contributed by atoms with Gasteiger partial charge in [0.1, 0.15) is 0 Å². The molecule has 19 heavy (non-hydrogen) atoms. The van der Waals surface area contributed by atoms with Gasteiger partial charge < -0.3 is 10.2 Å². The number of para-hydroxylation sites is 1. The second-order valence-corrected chi connectivity index (χ2v) is 5.70. The van der Waals surface area contributed by atoms with Gasteiger partial charge >= 0.3 is 0 Å². The fraction of sp³-hybridized carbons (Fsp3) is 0.562. The first kappa shape index (κ1) is 12.5. The summed E-state index contributed by atoms with van der Waals surface area (Å²) in [5.41, 5.74) is 2.47. The number of rotatable bonds is 4. The Kier molecular flexibility index (Phi) is 3.45. The lowest BCUT2D eigenvalue weighted by Crippen LogP contribution is -2.42. The molecule has 102 valence electrons. The van der Waals surface area contributed by atoms with Crippen LogP contribution in [0.25, 0.3) is 0 Å². The third-order valence-corrected chi connectivity index (χ3v) is 4.11. The number of carbonyl (C=O) groups excluding carboxylic acids is 1. The van der Waals surface area contributed by atoms with Crippen LogP contribution in [0.1, 0.15) is 31.7 Å². The van der Waals surface area contributed by atoms with Crippen molar-refractivity contribution in [2.45, 2.75) is 38.6 Å². The van der Waals surface area contributed by atoms with Crippen LogP contribution < -0.4 is 5.32 Å².